The van der Waals surface area contributed by atoms with Gasteiger partial charge in [-0.1, -0.05) is 0 Å². The summed E-state index contributed by atoms with van der Waals surface area (Å²) in [5.74, 6) is -0.510. The van der Waals surface area contributed by atoms with Crippen molar-refractivity contribution in [2.24, 2.45) is 0 Å². The van der Waals surface area contributed by atoms with Crippen molar-refractivity contribution in [1.29, 1.82) is 0 Å². The third-order valence-corrected chi connectivity index (χ3v) is 4.07. The van der Waals surface area contributed by atoms with Crippen LogP contribution in [0, 0.1) is 0 Å². The summed E-state index contributed by atoms with van der Waals surface area (Å²) < 4.78 is 23.6. The Morgan fingerprint density at radius 3 is 2.62 bits per heavy atom. The first-order valence-electron chi connectivity index (χ1n) is 4.28. The molecule has 1 fully saturated rings. The predicted molar refractivity (Wildman–Crippen MR) is 60.9 cm³/mol. The molecular formula is C8H6BrClN2O3S. The van der Waals surface area contributed by atoms with E-state index in [2.05, 4.69) is 20.9 Å². The quantitative estimate of drug-likeness (QED) is 0.612. The van der Waals surface area contributed by atoms with Crippen LogP contribution in [0.3, 0.4) is 0 Å². The van der Waals surface area contributed by atoms with Crippen LogP contribution < -0.4 is 0 Å². The summed E-state index contributed by atoms with van der Waals surface area (Å²) in [6, 6.07) is 2.79. The zero-order valence-corrected chi connectivity index (χ0v) is 11.0. The molecule has 1 amide bonds. The second-order valence-corrected chi connectivity index (χ2v) is 6.56. The lowest BCUT2D eigenvalue weighted by Gasteiger charge is -2.36. The minimum atomic E-state index is -4.02. The monoisotopic (exact) mass is 324 g/mol. The Kier molecular flexibility index (Phi) is 2.93. The highest BCUT2D eigenvalue weighted by molar-refractivity contribution is 9.10. The van der Waals surface area contributed by atoms with E-state index in [1.165, 1.54) is 6.20 Å². The van der Waals surface area contributed by atoms with E-state index in [1.54, 1.807) is 12.1 Å². The number of nitrogens with zero attached hydrogens (tertiary/aromatic N) is 2. The van der Waals surface area contributed by atoms with Gasteiger partial charge in [-0.25, -0.2) is 4.31 Å². The van der Waals surface area contributed by atoms with E-state index in [4.69, 9.17) is 10.7 Å². The number of amides is 1. The fraction of sp³-hybridized carbons (Fsp3) is 0.250. The molecule has 1 saturated heterocycles. The second-order valence-electron chi connectivity index (χ2n) is 3.25. The van der Waals surface area contributed by atoms with Gasteiger partial charge in [0, 0.05) is 21.4 Å². The van der Waals surface area contributed by atoms with Crippen LogP contribution in [-0.4, -0.2) is 23.6 Å². The molecule has 2 heterocycles. The van der Waals surface area contributed by atoms with Crippen molar-refractivity contribution in [3.63, 3.8) is 0 Å². The molecule has 0 aliphatic carbocycles. The zero-order valence-electron chi connectivity index (χ0n) is 7.80. The molecule has 1 aliphatic heterocycles. The molecule has 1 aromatic rings. The maximum absolute atomic E-state index is 11.2. The third-order valence-electron chi connectivity index (χ3n) is 2.22. The molecule has 86 valence electrons. The van der Waals surface area contributed by atoms with Crippen molar-refractivity contribution in [2.75, 3.05) is 0 Å². The number of carbonyl (C=O) groups is 1. The lowest BCUT2D eigenvalue weighted by atomic mass is 10.0. The van der Waals surface area contributed by atoms with E-state index in [1.807, 2.05) is 0 Å². The molecule has 0 N–H and O–H groups in total. The number of aromatic nitrogens is 1. The van der Waals surface area contributed by atoms with Gasteiger partial charge in [-0.05, 0) is 28.1 Å². The maximum atomic E-state index is 11.2. The maximum Gasteiger partial charge on any atom is 0.324 e. The van der Waals surface area contributed by atoms with Crippen LogP contribution >= 0.6 is 26.6 Å². The first-order chi connectivity index (χ1) is 7.39. The average Bonchev–Trinajstić information content (AvgIpc) is 2.13. The van der Waals surface area contributed by atoms with E-state index < -0.39 is 21.2 Å². The highest BCUT2D eigenvalue weighted by Crippen LogP contribution is 2.37. The normalized spacial score (nSPS) is 20.8. The van der Waals surface area contributed by atoms with E-state index >= 15 is 0 Å². The fourth-order valence-corrected chi connectivity index (χ4v) is 3.04. The van der Waals surface area contributed by atoms with Crippen molar-refractivity contribution >= 4 is 41.8 Å². The molecule has 0 aromatic carbocycles. The molecule has 1 aliphatic rings. The summed E-state index contributed by atoms with van der Waals surface area (Å²) >= 11 is 3.21. The molecule has 1 aromatic heterocycles. The summed E-state index contributed by atoms with van der Waals surface area (Å²) in [6.07, 6.45) is 1.65. The molecule has 1 unspecified atom stereocenters. The number of carbonyl (C=O) groups excluding carboxylic acids is 1. The molecule has 1 atom stereocenters. The van der Waals surface area contributed by atoms with Crippen molar-refractivity contribution in [1.82, 2.24) is 9.29 Å². The smallest absolute Gasteiger partial charge is 0.274 e. The highest BCUT2D eigenvalue weighted by atomic mass is 79.9. The van der Waals surface area contributed by atoms with Gasteiger partial charge < -0.3 is 0 Å². The molecule has 5 nitrogen and oxygen atoms in total. The number of halogens is 2. The van der Waals surface area contributed by atoms with Gasteiger partial charge in [0.1, 0.15) is 0 Å². The van der Waals surface area contributed by atoms with Crippen molar-refractivity contribution in [3.8, 4) is 0 Å². The number of rotatable bonds is 2. The summed E-state index contributed by atoms with van der Waals surface area (Å²) in [7, 11) is 1.13. The third kappa shape index (κ3) is 2.07. The van der Waals surface area contributed by atoms with Gasteiger partial charge in [-0.3, -0.25) is 9.78 Å². The molecule has 8 heteroatoms. The highest BCUT2D eigenvalue weighted by Gasteiger charge is 2.45. The zero-order chi connectivity index (χ0) is 11.9. The fourth-order valence-electron chi connectivity index (χ4n) is 1.48. The minimum absolute atomic E-state index is 0.112. The van der Waals surface area contributed by atoms with Gasteiger partial charge in [0.25, 0.3) is 0 Å². The molecule has 0 saturated carbocycles. The minimum Gasteiger partial charge on any atom is -0.274 e. The Labute approximate surface area is 105 Å². The lowest BCUT2D eigenvalue weighted by Crippen LogP contribution is -2.48. The Bertz CT molecular complexity index is 531. The van der Waals surface area contributed by atoms with Gasteiger partial charge in [0.2, 0.25) is 5.91 Å². The summed E-state index contributed by atoms with van der Waals surface area (Å²) in [4.78, 5) is 15.2. The van der Waals surface area contributed by atoms with Crippen LogP contribution in [0.15, 0.2) is 22.8 Å². The number of pyridine rings is 1. The van der Waals surface area contributed by atoms with Gasteiger partial charge in [-0.2, -0.15) is 8.42 Å². The van der Waals surface area contributed by atoms with Crippen molar-refractivity contribution in [3.05, 3.63) is 28.5 Å². The number of β-lactam (4-membered cyclic amide) rings is 1. The Hall–Kier alpha value is -0.660. The Morgan fingerprint density at radius 1 is 1.50 bits per heavy atom. The molecule has 16 heavy (non-hydrogen) atoms. The van der Waals surface area contributed by atoms with Crippen LogP contribution in [0.4, 0.5) is 0 Å². The first kappa shape index (κ1) is 11.8. The SMILES string of the molecule is O=C1CC(c2ccc(Br)cn2)N1S(=O)(=O)Cl. The van der Waals surface area contributed by atoms with Crippen molar-refractivity contribution in [2.45, 2.75) is 12.5 Å². The Morgan fingerprint density at radius 2 is 2.19 bits per heavy atom. The Balaban J connectivity index is 2.30. The standard InChI is InChI=1S/C8H6BrClN2O3S/c9-5-1-2-6(11-4-5)7-3-8(13)12(7)16(10,14)15/h1-2,4,7H,3H2. The van der Waals surface area contributed by atoms with E-state index in [0.29, 0.717) is 10.00 Å². The van der Waals surface area contributed by atoms with Gasteiger partial charge >= 0.3 is 9.24 Å². The topological polar surface area (TPSA) is 67.3 Å². The van der Waals surface area contributed by atoms with Gasteiger partial charge in [0.15, 0.2) is 0 Å². The molecule has 2 rings (SSSR count). The van der Waals surface area contributed by atoms with Crippen LogP contribution in [0.25, 0.3) is 0 Å². The van der Waals surface area contributed by atoms with Crippen LogP contribution in [0.2, 0.25) is 0 Å². The number of hydrogen-bond acceptors (Lipinski definition) is 4. The van der Waals surface area contributed by atoms with Crippen LogP contribution in [0.5, 0.6) is 0 Å². The van der Waals surface area contributed by atoms with Gasteiger partial charge in [0.05, 0.1) is 18.2 Å². The largest absolute Gasteiger partial charge is 0.324 e. The average molecular weight is 326 g/mol. The lowest BCUT2D eigenvalue weighted by molar-refractivity contribution is -0.137. The van der Waals surface area contributed by atoms with E-state index in [0.717, 1.165) is 4.47 Å². The predicted octanol–water partition coefficient (Wildman–Crippen LogP) is 1.60. The van der Waals surface area contributed by atoms with E-state index in [9.17, 15) is 13.2 Å². The first-order valence-corrected chi connectivity index (χ1v) is 7.34. The van der Waals surface area contributed by atoms with Crippen LogP contribution in [0.1, 0.15) is 18.2 Å². The van der Waals surface area contributed by atoms with Gasteiger partial charge in [-0.15, -0.1) is 0 Å². The van der Waals surface area contributed by atoms with E-state index in [-0.39, 0.29) is 6.42 Å². The molecule has 0 spiro atoms. The molecule has 0 bridgehead atoms. The van der Waals surface area contributed by atoms with Crippen LogP contribution in [-0.2, 0) is 14.0 Å². The summed E-state index contributed by atoms with van der Waals surface area (Å²) in [5.41, 5.74) is 0.507. The molecular weight excluding hydrogens is 320 g/mol. The number of hydrogen-bond donors (Lipinski definition) is 0. The van der Waals surface area contributed by atoms with Crippen molar-refractivity contribution < 1.29 is 13.2 Å². The summed E-state index contributed by atoms with van der Waals surface area (Å²) in [6.45, 7) is 0. The molecule has 0 radical (unpaired) electrons. The summed E-state index contributed by atoms with van der Waals surface area (Å²) in [5, 5.41) is 0. The second kappa shape index (κ2) is 3.97.